The lowest BCUT2D eigenvalue weighted by atomic mass is 9.89. The van der Waals surface area contributed by atoms with Crippen LogP contribution in [0.3, 0.4) is 0 Å². The molecule has 0 bridgehead atoms. The van der Waals surface area contributed by atoms with Crippen molar-refractivity contribution in [3.8, 4) is 16.5 Å². The van der Waals surface area contributed by atoms with E-state index >= 15 is 0 Å². The van der Waals surface area contributed by atoms with E-state index < -0.39 is 15.3 Å². The van der Waals surface area contributed by atoms with Gasteiger partial charge in [-0.3, -0.25) is 0 Å². The molecule has 0 unspecified atom stereocenters. The van der Waals surface area contributed by atoms with E-state index in [1.165, 1.54) is 11.3 Å². The van der Waals surface area contributed by atoms with Crippen LogP contribution in [-0.2, 0) is 14.8 Å². The van der Waals surface area contributed by atoms with Crippen LogP contribution in [0.2, 0.25) is 0 Å². The van der Waals surface area contributed by atoms with Crippen molar-refractivity contribution >= 4 is 21.4 Å². The molecule has 1 aromatic heterocycles. The lowest BCUT2D eigenvalue weighted by Gasteiger charge is -2.33. The standard InChI is InChI=1S/C19H22N2O3S2/c1-13(2)26(22,23)21-18-9-10-24-12-17(18)14-3-5-15(6-4-14)19-8-7-16(11-20)25-19/h3-8,13,17-18,21H,9-10,12H2,1-2H3/t17-,18-/m1/s1. The number of hydrogen-bond donors (Lipinski definition) is 1. The maximum absolute atomic E-state index is 12.3. The molecular weight excluding hydrogens is 368 g/mol. The van der Waals surface area contributed by atoms with Crippen LogP contribution in [-0.4, -0.2) is 32.9 Å². The Balaban J connectivity index is 1.81. The number of nitrogens with one attached hydrogen (secondary N) is 1. The number of ether oxygens (including phenoxy) is 1. The fourth-order valence-electron chi connectivity index (χ4n) is 3.00. The number of hydrogen-bond acceptors (Lipinski definition) is 5. The van der Waals surface area contributed by atoms with Crippen molar-refractivity contribution in [1.29, 1.82) is 5.26 Å². The number of rotatable bonds is 5. The molecule has 2 atom stereocenters. The Hall–Kier alpha value is -1.72. The highest BCUT2D eigenvalue weighted by molar-refractivity contribution is 7.90. The van der Waals surface area contributed by atoms with Crippen LogP contribution in [0.1, 0.15) is 36.6 Å². The van der Waals surface area contributed by atoms with E-state index in [-0.39, 0.29) is 12.0 Å². The van der Waals surface area contributed by atoms with Crippen molar-refractivity contribution in [3.63, 3.8) is 0 Å². The second kappa shape index (κ2) is 7.89. The molecule has 1 aliphatic rings. The van der Waals surface area contributed by atoms with Gasteiger partial charge in [-0.15, -0.1) is 11.3 Å². The zero-order valence-corrected chi connectivity index (χ0v) is 16.4. The van der Waals surface area contributed by atoms with E-state index in [1.54, 1.807) is 13.8 Å². The van der Waals surface area contributed by atoms with Gasteiger partial charge in [0.25, 0.3) is 0 Å². The first-order chi connectivity index (χ1) is 12.4. The molecule has 1 fully saturated rings. The normalized spacial score (nSPS) is 20.8. The predicted octanol–water partition coefficient (Wildman–Crippen LogP) is 3.49. The van der Waals surface area contributed by atoms with Gasteiger partial charge in [0, 0.05) is 23.4 Å². The summed E-state index contributed by atoms with van der Waals surface area (Å²) >= 11 is 1.46. The smallest absolute Gasteiger partial charge is 0.214 e. The van der Waals surface area contributed by atoms with Gasteiger partial charge < -0.3 is 4.74 Å². The van der Waals surface area contributed by atoms with E-state index in [2.05, 4.69) is 10.8 Å². The maximum Gasteiger partial charge on any atom is 0.214 e. The molecule has 0 radical (unpaired) electrons. The molecule has 5 nitrogen and oxygen atoms in total. The quantitative estimate of drug-likeness (QED) is 0.848. The number of nitrogens with zero attached hydrogens (tertiary/aromatic N) is 1. The zero-order chi connectivity index (χ0) is 18.7. The molecule has 26 heavy (non-hydrogen) atoms. The summed E-state index contributed by atoms with van der Waals surface area (Å²) in [6.07, 6.45) is 0.662. The third kappa shape index (κ3) is 4.15. The van der Waals surface area contributed by atoms with Crippen molar-refractivity contribution in [2.75, 3.05) is 13.2 Å². The van der Waals surface area contributed by atoms with Crippen LogP contribution in [0.15, 0.2) is 36.4 Å². The molecule has 0 spiro atoms. The molecule has 138 valence electrons. The van der Waals surface area contributed by atoms with Gasteiger partial charge in [-0.25, -0.2) is 13.1 Å². The van der Waals surface area contributed by atoms with Crippen LogP contribution >= 0.6 is 11.3 Å². The third-order valence-electron chi connectivity index (χ3n) is 4.63. The van der Waals surface area contributed by atoms with E-state index in [9.17, 15) is 8.42 Å². The maximum atomic E-state index is 12.3. The zero-order valence-electron chi connectivity index (χ0n) is 14.8. The Kier molecular flexibility index (Phi) is 5.78. The van der Waals surface area contributed by atoms with Gasteiger partial charge in [-0.2, -0.15) is 5.26 Å². The van der Waals surface area contributed by atoms with Crippen LogP contribution in [0.4, 0.5) is 0 Å². The number of thiophene rings is 1. The Morgan fingerprint density at radius 2 is 1.96 bits per heavy atom. The van der Waals surface area contributed by atoms with E-state index in [0.717, 1.165) is 16.0 Å². The molecule has 1 aromatic carbocycles. The van der Waals surface area contributed by atoms with Crippen LogP contribution in [0, 0.1) is 11.3 Å². The van der Waals surface area contributed by atoms with Gasteiger partial charge in [0.2, 0.25) is 10.0 Å². The molecule has 2 heterocycles. The van der Waals surface area contributed by atoms with Crippen LogP contribution in [0.5, 0.6) is 0 Å². The van der Waals surface area contributed by atoms with Crippen molar-refractivity contribution in [1.82, 2.24) is 4.72 Å². The molecule has 3 rings (SSSR count). The fourth-order valence-corrected chi connectivity index (χ4v) is 4.79. The lowest BCUT2D eigenvalue weighted by Crippen LogP contribution is -2.46. The second-order valence-electron chi connectivity index (χ2n) is 6.69. The molecule has 0 amide bonds. The van der Waals surface area contributed by atoms with E-state index in [0.29, 0.717) is 24.5 Å². The summed E-state index contributed by atoms with van der Waals surface area (Å²) in [7, 11) is -3.32. The Bertz CT molecular complexity index is 896. The third-order valence-corrected chi connectivity index (χ3v) is 7.54. The fraction of sp³-hybridized carbons (Fsp3) is 0.421. The minimum atomic E-state index is -3.32. The Morgan fingerprint density at radius 1 is 1.23 bits per heavy atom. The first kappa shape index (κ1) is 19.1. The van der Waals surface area contributed by atoms with Crippen molar-refractivity contribution in [3.05, 3.63) is 46.8 Å². The van der Waals surface area contributed by atoms with Crippen molar-refractivity contribution in [2.24, 2.45) is 0 Å². The van der Waals surface area contributed by atoms with Gasteiger partial charge in [-0.05, 0) is 43.5 Å². The summed E-state index contributed by atoms with van der Waals surface area (Å²) in [5.41, 5.74) is 2.11. The minimum Gasteiger partial charge on any atom is -0.381 e. The highest BCUT2D eigenvalue weighted by Crippen LogP contribution is 2.31. The molecule has 7 heteroatoms. The summed E-state index contributed by atoms with van der Waals surface area (Å²) in [5.74, 6) is -0.00988. The Morgan fingerprint density at radius 3 is 2.58 bits per heavy atom. The van der Waals surface area contributed by atoms with Crippen LogP contribution < -0.4 is 4.72 Å². The Labute approximate surface area is 158 Å². The predicted molar refractivity (Wildman–Crippen MR) is 104 cm³/mol. The minimum absolute atomic E-state index is 0.00988. The highest BCUT2D eigenvalue weighted by atomic mass is 32.2. The summed E-state index contributed by atoms with van der Waals surface area (Å²) in [6, 6.07) is 13.8. The molecule has 0 saturated carbocycles. The van der Waals surface area contributed by atoms with Gasteiger partial charge in [0.1, 0.15) is 10.9 Å². The van der Waals surface area contributed by atoms with Gasteiger partial charge >= 0.3 is 0 Å². The molecule has 1 N–H and O–H groups in total. The summed E-state index contributed by atoms with van der Waals surface area (Å²) in [5, 5.41) is 8.51. The molecular formula is C19H22N2O3S2. The monoisotopic (exact) mass is 390 g/mol. The first-order valence-corrected chi connectivity index (χ1v) is 11.0. The van der Waals surface area contributed by atoms with Crippen LogP contribution in [0.25, 0.3) is 10.4 Å². The first-order valence-electron chi connectivity index (χ1n) is 8.60. The summed E-state index contributed by atoms with van der Waals surface area (Å²) in [6.45, 7) is 4.43. The number of nitriles is 1. The molecule has 0 aliphatic carbocycles. The van der Waals surface area contributed by atoms with E-state index in [1.807, 2.05) is 36.4 Å². The molecule has 2 aromatic rings. The molecule has 1 aliphatic heterocycles. The summed E-state index contributed by atoms with van der Waals surface area (Å²) < 4.78 is 33.0. The van der Waals surface area contributed by atoms with Gasteiger partial charge in [0.05, 0.1) is 11.9 Å². The SMILES string of the molecule is CC(C)S(=O)(=O)N[C@@H]1CCOC[C@@H]1c1ccc(-c2ccc(C#N)s2)cc1. The average Bonchev–Trinajstić information content (AvgIpc) is 3.11. The number of sulfonamides is 1. The van der Waals surface area contributed by atoms with Crippen molar-refractivity contribution in [2.45, 2.75) is 37.5 Å². The lowest BCUT2D eigenvalue weighted by molar-refractivity contribution is 0.0653. The van der Waals surface area contributed by atoms with E-state index in [4.69, 9.17) is 10.00 Å². The number of benzene rings is 1. The van der Waals surface area contributed by atoms with Gasteiger partial charge in [0.15, 0.2) is 0 Å². The van der Waals surface area contributed by atoms with Crippen molar-refractivity contribution < 1.29 is 13.2 Å². The second-order valence-corrected chi connectivity index (χ2v) is 10.0. The molecule has 1 saturated heterocycles. The topological polar surface area (TPSA) is 79.2 Å². The highest BCUT2D eigenvalue weighted by Gasteiger charge is 2.31. The van der Waals surface area contributed by atoms with Gasteiger partial charge in [-0.1, -0.05) is 24.3 Å². The summed E-state index contributed by atoms with van der Waals surface area (Å²) in [4.78, 5) is 1.73. The largest absolute Gasteiger partial charge is 0.381 e. The average molecular weight is 391 g/mol.